The van der Waals surface area contributed by atoms with Crippen LogP contribution in [0.4, 0.5) is 4.79 Å². The summed E-state index contributed by atoms with van der Waals surface area (Å²) >= 11 is 0. The first-order chi connectivity index (χ1) is 13.7. The Balaban J connectivity index is 1.08. The number of benzene rings is 1. The molecular formula is C22H27N5O. The van der Waals surface area contributed by atoms with Crippen LogP contribution < -0.4 is 5.32 Å². The highest BCUT2D eigenvalue weighted by atomic mass is 16.2. The highest BCUT2D eigenvalue weighted by Gasteiger charge is 2.52. The van der Waals surface area contributed by atoms with Crippen LogP contribution in [-0.4, -0.2) is 44.6 Å². The molecule has 2 heterocycles. The topological polar surface area (TPSA) is 63.1 Å². The summed E-state index contributed by atoms with van der Waals surface area (Å²) in [6.45, 7) is 1.44. The summed E-state index contributed by atoms with van der Waals surface area (Å²) in [6, 6.07) is 10.5. The molecule has 1 N–H and O–H groups in total. The Bertz CT molecular complexity index is 850. The fraction of sp³-hybridized carbons (Fsp3) is 0.591. The lowest BCUT2D eigenvalue weighted by Crippen LogP contribution is -2.64. The fourth-order valence-electron chi connectivity index (χ4n) is 6.55. The molecule has 0 spiro atoms. The number of carbonyl (C=O) groups is 1. The Hall–Kier alpha value is -2.37. The summed E-state index contributed by atoms with van der Waals surface area (Å²) in [6.07, 6.45) is 9.79. The number of hydrogen-bond acceptors (Lipinski definition) is 3. The average Bonchev–Trinajstić information content (AvgIpc) is 3.09. The van der Waals surface area contributed by atoms with Crippen molar-refractivity contribution in [3.63, 3.8) is 0 Å². The minimum Gasteiger partial charge on any atom is -0.333 e. The molecule has 1 saturated heterocycles. The second-order valence-electron chi connectivity index (χ2n) is 9.64. The van der Waals surface area contributed by atoms with Crippen molar-refractivity contribution in [3.8, 4) is 11.3 Å². The van der Waals surface area contributed by atoms with E-state index < -0.39 is 0 Å². The van der Waals surface area contributed by atoms with E-state index in [9.17, 15) is 4.79 Å². The molecule has 146 valence electrons. The van der Waals surface area contributed by atoms with Crippen molar-refractivity contribution < 1.29 is 4.79 Å². The molecule has 2 amide bonds. The zero-order valence-electron chi connectivity index (χ0n) is 16.1. The molecule has 4 saturated carbocycles. The van der Waals surface area contributed by atoms with E-state index in [0.717, 1.165) is 42.1 Å². The molecule has 0 radical (unpaired) electrons. The van der Waals surface area contributed by atoms with Gasteiger partial charge in [0, 0.05) is 24.2 Å². The molecular weight excluding hydrogens is 350 g/mol. The van der Waals surface area contributed by atoms with E-state index in [-0.39, 0.29) is 17.6 Å². The lowest BCUT2D eigenvalue weighted by molar-refractivity contribution is -0.0180. The van der Waals surface area contributed by atoms with Crippen LogP contribution in [0.15, 0.2) is 36.5 Å². The van der Waals surface area contributed by atoms with Gasteiger partial charge in [0.05, 0.1) is 12.2 Å². The summed E-state index contributed by atoms with van der Waals surface area (Å²) < 4.78 is 1.91. The van der Waals surface area contributed by atoms with E-state index in [1.807, 2.05) is 46.1 Å². The van der Waals surface area contributed by atoms with E-state index in [2.05, 4.69) is 15.6 Å². The molecule has 2 aromatic rings. The molecule has 1 aromatic carbocycles. The van der Waals surface area contributed by atoms with Gasteiger partial charge in [0.2, 0.25) is 0 Å². The predicted octanol–water partition coefficient (Wildman–Crippen LogP) is 3.48. The number of aromatic nitrogens is 3. The Morgan fingerprint density at radius 3 is 2.29 bits per heavy atom. The zero-order chi connectivity index (χ0) is 18.7. The Morgan fingerprint density at radius 2 is 1.64 bits per heavy atom. The molecule has 0 atom stereocenters. The van der Waals surface area contributed by atoms with E-state index >= 15 is 0 Å². The van der Waals surface area contributed by atoms with Crippen LogP contribution in [0.2, 0.25) is 0 Å². The summed E-state index contributed by atoms with van der Waals surface area (Å²) in [4.78, 5) is 14.8. The maximum absolute atomic E-state index is 12.9. The minimum atomic E-state index is 0.0880. The number of amides is 2. The van der Waals surface area contributed by atoms with Gasteiger partial charge in [0.25, 0.3) is 0 Å². The van der Waals surface area contributed by atoms with Crippen molar-refractivity contribution in [3.05, 3.63) is 36.5 Å². The van der Waals surface area contributed by atoms with Gasteiger partial charge >= 0.3 is 6.03 Å². The van der Waals surface area contributed by atoms with Crippen LogP contribution >= 0.6 is 0 Å². The largest absolute Gasteiger partial charge is 0.333 e. The Morgan fingerprint density at radius 1 is 1.00 bits per heavy atom. The Kier molecular flexibility index (Phi) is 3.59. The minimum absolute atomic E-state index is 0.0880. The SMILES string of the molecule is O=C(NC12CC3CC(CC(C3)C1)C2)N1CC(n2cc(-c3ccccc3)nn2)C1. The lowest BCUT2D eigenvalue weighted by atomic mass is 9.53. The monoisotopic (exact) mass is 377 g/mol. The van der Waals surface area contributed by atoms with E-state index in [1.165, 1.54) is 38.5 Å². The summed E-state index contributed by atoms with van der Waals surface area (Å²) in [5.74, 6) is 2.55. The van der Waals surface area contributed by atoms with Gasteiger partial charge in [-0.05, 0) is 56.3 Å². The normalized spacial score (nSPS) is 33.7. The van der Waals surface area contributed by atoms with Crippen LogP contribution in [-0.2, 0) is 0 Å². The number of nitrogens with one attached hydrogen (secondary N) is 1. The van der Waals surface area contributed by atoms with E-state index in [0.29, 0.717) is 0 Å². The number of carbonyl (C=O) groups excluding carboxylic acids is 1. The standard InChI is InChI=1S/C22H27N5O/c28-21(23-22-9-15-6-16(10-22)8-17(7-15)11-22)26-12-19(13-26)27-14-20(24-25-27)18-4-2-1-3-5-18/h1-5,14-17,19H,6-13H2,(H,23,28). The van der Waals surface area contributed by atoms with Crippen LogP contribution in [0.5, 0.6) is 0 Å². The third-order valence-electron chi connectivity index (χ3n) is 7.51. The van der Waals surface area contributed by atoms with E-state index in [1.54, 1.807) is 0 Å². The second-order valence-corrected chi connectivity index (χ2v) is 9.64. The molecule has 28 heavy (non-hydrogen) atoms. The highest BCUT2D eigenvalue weighted by Crippen LogP contribution is 2.55. The highest BCUT2D eigenvalue weighted by molar-refractivity contribution is 5.76. The van der Waals surface area contributed by atoms with Gasteiger partial charge in [-0.25, -0.2) is 9.48 Å². The van der Waals surface area contributed by atoms with Crippen molar-refractivity contribution >= 4 is 6.03 Å². The van der Waals surface area contributed by atoms with Crippen LogP contribution in [0.25, 0.3) is 11.3 Å². The number of urea groups is 1. The van der Waals surface area contributed by atoms with Gasteiger partial charge in [0.1, 0.15) is 5.69 Å². The molecule has 5 fully saturated rings. The first-order valence-electron chi connectivity index (χ1n) is 10.7. The maximum atomic E-state index is 12.9. The molecule has 1 aliphatic heterocycles. The number of likely N-dealkylation sites (tertiary alicyclic amines) is 1. The van der Waals surface area contributed by atoms with Crippen molar-refractivity contribution in [1.82, 2.24) is 25.2 Å². The summed E-state index contributed by atoms with van der Waals surface area (Å²) in [5, 5.41) is 12.1. The van der Waals surface area contributed by atoms with Gasteiger partial charge in [-0.2, -0.15) is 0 Å². The molecule has 6 heteroatoms. The third-order valence-corrected chi connectivity index (χ3v) is 7.51. The van der Waals surface area contributed by atoms with Crippen molar-refractivity contribution in [2.45, 2.75) is 50.1 Å². The van der Waals surface area contributed by atoms with E-state index in [4.69, 9.17) is 0 Å². The number of rotatable bonds is 3. The molecule has 6 nitrogen and oxygen atoms in total. The second kappa shape index (κ2) is 6.06. The van der Waals surface area contributed by atoms with Gasteiger partial charge in [-0.3, -0.25) is 0 Å². The predicted molar refractivity (Wildman–Crippen MR) is 106 cm³/mol. The average molecular weight is 377 g/mol. The van der Waals surface area contributed by atoms with Crippen molar-refractivity contribution in [2.75, 3.05) is 13.1 Å². The first-order valence-corrected chi connectivity index (χ1v) is 10.7. The molecule has 4 bridgehead atoms. The quantitative estimate of drug-likeness (QED) is 0.891. The fourth-order valence-corrected chi connectivity index (χ4v) is 6.55. The van der Waals surface area contributed by atoms with Crippen molar-refractivity contribution in [2.24, 2.45) is 17.8 Å². The third kappa shape index (κ3) is 2.73. The first kappa shape index (κ1) is 16.6. The molecule has 7 rings (SSSR count). The van der Waals surface area contributed by atoms with Crippen LogP contribution in [0, 0.1) is 17.8 Å². The molecule has 5 aliphatic rings. The maximum Gasteiger partial charge on any atom is 0.317 e. The number of nitrogens with zero attached hydrogens (tertiary/aromatic N) is 4. The number of hydrogen-bond donors (Lipinski definition) is 1. The van der Waals surface area contributed by atoms with Gasteiger partial charge in [0.15, 0.2) is 0 Å². The van der Waals surface area contributed by atoms with Crippen LogP contribution in [0.1, 0.15) is 44.6 Å². The Labute approximate surface area is 165 Å². The van der Waals surface area contributed by atoms with Gasteiger partial charge in [-0.15, -0.1) is 5.10 Å². The lowest BCUT2D eigenvalue weighted by Gasteiger charge is -2.57. The van der Waals surface area contributed by atoms with Crippen LogP contribution in [0.3, 0.4) is 0 Å². The zero-order valence-corrected chi connectivity index (χ0v) is 16.1. The molecule has 0 unspecified atom stereocenters. The molecule has 1 aromatic heterocycles. The van der Waals surface area contributed by atoms with Gasteiger partial charge < -0.3 is 10.2 Å². The summed E-state index contributed by atoms with van der Waals surface area (Å²) in [7, 11) is 0. The van der Waals surface area contributed by atoms with Crippen molar-refractivity contribution in [1.29, 1.82) is 0 Å². The molecule has 4 aliphatic carbocycles. The smallest absolute Gasteiger partial charge is 0.317 e. The van der Waals surface area contributed by atoms with Gasteiger partial charge in [-0.1, -0.05) is 35.5 Å². The summed E-state index contributed by atoms with van der Waals surface area (Å²) in [5.41, 5.74) is 2.05.